The third-order valence-electron chi connectivity index (χ3n) is 5.93. The zero-order chi connectivity index (χ0) is 21.4. The molecule has 1 aromatic heterocycles. The lowest BCUT2D eigenvalue weighted by molar-refractivity contribution is 0.171. The molecular weight excluding hydrogens is 497 g/mol. The summed E-state index contributed by atoms with van der Waals surface area (Å²) in [6, 6.07) is 11.0. The Bertz CT molecular complexity index is 1140. The van der Waals surface area contributed by atoms with Crippen molar-refractivity contribution in [3.05, 3.63) is 55.8 Å². The molecule has 1 aliphatic rings. The first-order valence-electron chi connectivity index (χ1n) is 9.78. The predicted molar refractivity (Wildman–Crippen MR) is 125 cm³/mol. The summed E-state index contributed by atoms with van der Waals surface area (Å²) in [6.45, 7) is 0.853. The van der Waals surface area contributed by atoms with Crippen molar-refractivity contribution < 1.29 is 19.0 Å². The van der Waals surface area contributed by atoms with E-state index in [0.29, 0.717) is 28.2 Å². The maximum Gasteiger partial charge on any atom is 0.197 e. The monoisotopic (exact) mass is 521 g/mol. The first kappa shape index (κ1) is 21.1. The molecule has 0 radical (unpaired) electrons. The molecule has 2 heterocycles. The van der Waals surface area contributed by atoms with Crippen molar-refractivity contribution in [1.82, 2.24) is 4.90 Å². The van der Waals surface area contributed by atoms with Crippen LogP contribution in [0.25, 0.3) is 22.3 Å². The van der Waals surface area contributed by atoms with E-state index in [1.807, 2.05) is 31.3 Å². The summed E-state index contributed by atoms with van der Waals surface area (Å²) in [5.41, 5.74) is 1.96. The van der Waals surface area contributed by atoms with Gasteiger partial charge in [-0.2, -0.15) is 0 Å². The van der Waals surface area contributed by atoms with Crippen molar-refractivity contribution in [2.75, 3.05) is 34.4 Å². The van der Waals surface area contributed by atoms with Gasteiger partial charge in [0.1, 0.15) is 28.2 Å². The van der Waals surface area contributed by atoms with E-state index in [1.54, 1.807) is 13.2 Å². The van der Waals surface area contributed by atoms with Crippen LogP contribution >= 0.6 is 22.6 Å². The second-order valence-corrected chi connectivity index (χ2v) is 8.64. The number of halogens is 1. The van der Waals surface area contributed by atoms with Gasteiger partial charge in [-0.15, -0.1) is 0 Å². The molecule has 0 aliphatic carbocycles. The fraction of sp³-hybridized carbons (Fsp3) is 0.348. The molecule has 3 aromatic rings. The van der Waals surface area contributed by atoms with Gasteiger partial charge in [0.05, 0.1) is 20.8 Å². The van der Waals surface area contributed by atoms with Gasteiger partial charge in [0.15, 0.2) is 5.43 Å². The molecular formula is C23H24INO5. The number of ether oxygens (including phenoxy) is 2. The van der Waals surface area contributed by atoms with Gasteiger partial charge in [-0.25, -0.2) is 0 Å². The van der Waals surface area contributed by atoms with Crippen molar-refractivity contribution in [3.63, 3.8) is 0 Å². The summed E-state index contributed by atoms with van der Waals surface area (Å²) in [6.07, 6.45) is 0.830. The van der Waals surface area contributed by atoms with E-state index in [0.717, 1.165) is 27.7 Å². The third kappa shape index (κ3) is 3.48. The minimum Gasteiger partial charge on any atom is -0.496 e. The van der Waals surface area contributed by atoms with Crippen LogP contribution in [0.2, 0.25) is 0 Å². The number of aliphatic hydroxyl groups excluding tert-OH is 1. The zero-order valence-electron chi connectivity index (χ0n) is 17.1. The summed E-state index contributed by atoms with van der Waals surface area (Å²) >= 11 is 2.24. The van der Waals surface area contributed by atoms with Crippen molar-refractivity contribution in [2.24, 2.45) is 0 Å². The molecule has 0 spiro atoms. The number of hydrogen-bond acceptors (Lipinski definition) is 6. The van der Waals surface area contributed by atoms with E-state index in [1.165, 1.54) is 13.2 Å². The molecule has 0 bridgehead atoms. The second kappa shape index (κ2) is 8.56. The fourth-order valence-electron chi connectivity index (χ4n) is 4.38. The van der Waals surface area contributed by atoms with E-state index in [-0.39, 0.29) is 24.0 Å². The highest BCUT2D eigenvalue weighted by molar-refractivity contribution is 14.1. The molecule has 1 fully saturated rings. The fourth-order valence-corrected chi connectivity index (χ4v) is 5.04. The van der Waals surface area contributed by atoms with Crippen LogP contribution in [-0.2, 0) is 0 Å². The molecule has 30 heavy (non-hydrogen) atoms. The van der Waals surface area contributed by atoms with Gasteiger partial charge >= 0.3 is 0 Å². The zero-order valence-corrected chi connectivity index (χ0v) is 19.3. The summed E-state index contributed by atoms with van der Waals surface area (Å²) in [5.74, 6) is 1.49. The Balaban J connectivity index is 2.07. The van der Waals surface area contributed by atoms with Crippen LogP contribution in [0.4, 0.5) is 0 Å². The summed E-state index contributed by atoms with van der Waals surface area (Å²) in [5, 5.41) is 10.4. The highest BCUT2D eigenvalue weighted by atomic mass is 127. The van der Waals surface area contributed by atoms with E-state index in [2.05, 4.69) is 27.5 Å². The van der Waals surface area contributed by atoms with Crippen LogP contribution in [0.1, 0.15) is 17.9 Å². The lowest BCUT2D eigenvalue weighted by Gasteiger charge is -2.25. The maximum absolute atomic E-state index is 13.2. The first-order chi connectivity index (χ1) is 14.5. The van der Waals surface area contributed by atoms with E-state index >= 15 is 0 Å². The number of likely N-dealkylation sites (tertiary alicyclic amines) is 1. The number of aliphatic hydroxyl groups is 1. The van der Waals surface area contributed by atoms with Crippen LogP contribution in [0.5, 0.6) is 11.5 Å². The van der Waals surface area contributed by atoms with Gasteiger partial charge in [0.2, 0.25) is 0 Å². The summed E-state index contributed by atoms with van der Waals surface area (Å²) in [4.78, 5) is 15.3. The molecule has 1 saturated heterocycles. The Morgan fingerprint density at radius 1 is 1.20 bits per heavy atom. The number of likely N-dealkylation sites (N-methyl/N-ethyl adjacent to an activating group) is 1. The molecule has 6 nitrogen and oxygen atoms in total. The standard InChI is InChI=1S/C23H24INO5/c1-25-9-8-14(16(25)12-26)21-19(28-2)11-20(29-3)22-17(27)10-18(30-23(21)22)13-6-4-5-7-15(13)24/h4-7,10-11,14,16,26H,8-9,12H2,1-3H3/t14?,16-/m1/s1. The van der Waals surface area contributed by atoms with E-state index < -0.39 is 0 Å². The minimum absolute atomic E-state index is 0.0123. The highest BCUT2D eigenvalue weighted by Gasteiger charge is 2.37. The van der Waals surface area contributed by atoms with Crippen LogP contribution < -0.4 is 14.9 Å². The molecule has 4 rings (SSSR count). The minimum atomic E-state index is -0.168. The molecule has 0 amide bonds. The quantitative estimate of drug-likeness (QED) is 0.515. The lowest BCUT2D eigenvalue weighted by Crippen LogP contribution is -2.32. The Morgan fingerprint density at radius 2 is 1.93 bits per heavy atom. The third-order valence-corrected chi connectivity index (χ3v) is 6.87. The Kier molecular flexibility index (Phi) is 6.04. The number of benzene rings is 2. The number of fused-ring (bicyclic) bond motifs is 1. The van der Waals surface area contributed by atoms with Crippen LogP contribution in [0.3, 0.4) is 0 Å². The number of rotatable bonds is 5. The lowest BCUT2D eigenvalue weighted by atomic mass is 9.89. The van der Waals surface area contributed by atoms with E-state index in [4.69, 9.17) is 13.9 Å². The smallest absolute Gasteiger partial charge is 0.197 e. The normalized spacial score (nSPS) is 19.4. The molecule has 1 aliphatic heterocycles. The van der Waals surface area contributed by atoms with Crippen molar-refractivity contribution >= 4 is 33.6 Å². The maximum atomic E-state index is 13.2. The molecule has 1 N–H and O–H groups in total. The summed E-state index contributed by atoms with van der Waals surface area (Å²) in [7, 11) is 5.12. The topological polar surface area (TPSA) is 72.1 Å². The molecule has 2 atom stereocenters. The van der Waals surface area contributed by atoms with Gasteiger partial charge in [0.25, 0.3) is 0 Å². The largest absolute Gasteiger partial charge is 0.496 e. The van der Waals surface area contributed by atoms with Crippen molar-refractivity contribution in [1.29, 1.82) is 0 Å². The SMILES string of the molecule is COc1cc(OC)c2c(=O)cc(-c3ccccc3I)oc2c1C1CCN(C)[C@@H]1CO. The van der Waals surface area contributed by atoms with Gasteiger partial charge in [0, 0.05) is 38.8 Å². The average molecular weight is 521 g/mol. The number of methoxy groups -OCH3 is 2. The number of nitrogens with zero attached hydrogens (tertiary/aromatic N) is 1. The van der Waals surface area contributed by atoms with Gasteiger partial charge < -0.3 is 23.9 Å². The molecule has 0 saturated carbocycles. The highest BCUT2D eigenvalue weighted by Crippen LogP contribution is 2.45. The Labute approximate surface area is 188 Å². The second-order valence-electron chi connectivity index (χ2n) is 7.48. The van der Waals surface area contributed by atoms with Crippen molar-refractivity contribution in [2.45, 2.75) is 18.4 Å². The van der Waals surface area contributed by atoms with Crippen molar-refractivity contribution in [3.8, 4) is 22.8 Å². The van der Waals surface area contributed by atoms with Gasteiger partial charge in [-0.3, -0.25) is 4.79 Å². The summed E-state index contributed by atoms with van der Waals surface area (Å²) < 4.78 is 18.6. The Morgan fingerprint density at radius 3 is 2.60 bits per heavy atom. The molecule has 7 heteroatoms. The predicted octanol–water partition coefficient (Wildman–Crippen LogP) is 3.86. The Hall–Kier alpha value is -2.10. The van der Waals surface area contributed by atoms with Crippen LogP contribution in [-0.4, -0.2) is 50.5 Å². The van der Waals surface area contributed by atoms with Crippen LogP contribution in [0.15, 0.2) is 45.6 Å². The molecule has 2 aromatic carbocycles. The molecule has 1 unspecified atom stereocenters. The van der Waals surface area contributed by atoms with Gasteiger partial charge in [-0.1, -0.05) is 18.2 Å². The molecule has 158 valence electrons. The van der Waals surface area contributed by atoms with Crippen LogP contribution in [0, 0.1) is 3.57 Å². The van der Waals surface area contributed by atoms with E-state index in [9.17, 15) is 9.90 Å². The average Bonchev–Trinajstić information content (AvgIpc) is 3.12. The number of hydrogen-bond donors (Lipinski definition) is 1. The first-order valence-corrected chi connectivity index (χ1v) is 10.9. The van der Waals surface area contributed by atoms with Gasteiger partial charge in [-0.05, 0) is 48.7 Å².